The van der Waals surface area contributed by atoms with Crippen LogP contribution in [0.3, 0.4) is 0 Å². The van der Waals surface area contributed by atoms with Gasteiger partial charge in [-0.15, -0.1) is 0 Å². The SMILES string of the molecule is CC(NC(C)C1CC1)c1cccc(C#N)c1. The lowest BCUT2D eigenvalue weighted by Gasteiger charge is -2.20. The summed E-state index contributed by atoms with van der Waals surface area (Å²) in [4.78, 5) is 0. The van der Waals surface area contributed by atoms with E-state index in [9.17, 15) is 0 Å². The molecule has 0 aromatic heterocycles. The number of hydrogen-bond acceptors (Lipinski definition) is 2. The molecule has 1 N–H and O–H groups in total. The minimum absolute atomic E-state index is 0.323. The standard InChI is InChI=1S/C14H18N2/c1-10(13-6-7-13)16-11(2)14-5-3-4-12(8-14)9-15/h3-5,8,10-11,13,16H,6-7H2,1-2H3. The van der Waals surface area contributed by atoms with E-state index in [1.165, 1.54) is 18.4 Å². The molecule has 1 aromatic carbocycles. The van der Waals surface area contributed by atoms with E-state index < -0.39 is 0 Å². The van der Waals surface area contributed by atoms with E-state index in [2.05, 4.69) is 31.3 Å². The van der Waals surface area contributed by atoms with Gasteiger partial charge < -0.3 is 5.32 Å². The van der Waals surface area contributed by atoms with Gasteiger partial charge in [0.05, 0.1) is 11.6 Å². The normalized spacial score (nSPS) is 18.8. The molecule has 1 saturated carbocycles. The second kappa shape index (κ2) is 4.67. The molecule has 84 valence electrons. The quantitative estimate of drug-likeness (QED) is 0.836. The Labute approximate surface area is 97.3 Å². The molecule has 1 aliphatic carbocycles. The van der Waals surface area contributed by atoms with Crippen LogP contribution in [0, 0.1) is 17.2 Å². The summed E-state index contributed by atoms with van der Waals surface area (Å²) in [6.45, 7) is 4.41. The third kappa shape index (κ3) is 2.62. The van der Waals surface area contributed by atoms with Gasteiger partial charge in [-0.2, -0.15) is 5.26 Å². The van der Waals surface area contributed by atoms with Crippen LogP contribution >= 0.6 is 0 Å². The van der Waals surface area contributed by atoms with Gasteiger partial charge in [0.2, 0.25) is 0 Å². The summed E-state index contributed by atoms with van der Waals surface area (Å²) >= 11 is 0. The molecule has 0 radical (unpaired) electrons. The average molecular weight is 214 g/mol. The first-order valence-corrected chi connectivity index (χ1v) is 5.97. The van der Waals surface area contributed by atoms with E-state index in [0.717, 1.165) is 11.5 Å². The summed E-state index contributed by atoms with van der Waals surface area (Å²) in [6.07, 6.45) is 2.72. The molecule has 1 aliphatic rings. The van der Waals surface area contributed by atoms with Crippen LogP contribution in [-0.2, 0) is 0 Å². The minimum atomic E-state index is 0.323. The van der Waals surface area contributed by atoms with Gasteiger partial charge >= 0.3 is 0 Å². The first-order valence-electron chi connectivity index (χ1n) is 5.97. The maximum absolute atomic E-state index is 8.85. The zero-order valence-corrected chi connectivity index (χ0v) is 9.90. The molecule has 0 spiro atoms. The van der Waals surface area contributed by atoms with Crippen molar-refractivity contribution in [1.29, 1.82) is 5.26 Å². The van der Waals surface area contributed by atoms with Crippen molar-refractivity contribution in [2.24, 2.45) is 5.92 Å². The smallest absolute Gasteiger partial charge is 0.0991 e. The number of rotatable bonds is 4. The topological polar surface area (TPSA) is 35.8 Å². The number of hydrogen-bond donors (Lipinski definition) is 1. The Hall–Kier alpha value is -1.33. The van der Waals surface area contributed by atoms with Gasteiger partial charge in [0, 0.05) is 12.1 Å². The van der Waals surface area contributed by atoms with Crippen LogP contribution in [0.1, 0.15) is 43.9 Å². The molecule has 16 heavy (non-hydrogen) atoms. The molecule has 2 atom stereocenters. The molecular formula is C14H18N2. The predicted molar refractivity (Wildman–Crippen MR) is 64.9 cm³/mol. The van der Waals surface area contributed by atoms with E-state index in [-0.39, 0.29) is 0 Å². The minimum Gasteiger partial charge on any atom is -0.307 e. The molecular weight excluding hydrogens is 196 g/mol. The third-order valence-corrected chi connectivity index (χ3v) is 3.36. The van der Waals surface area contributed by atoms with Crippen molar-refractivity contribution in [1.82, 2.24) is 5.32 Å². The van der Waals surface area contributed by atoms with Crippen molar-refractivity contribution < 1.29 is 0 Å². The van der Waals surface area contributed by atoms with Crippen LogP contribution in [-0.4, -0.2) is 6.04 Å². The van der Waals surface area contributed by atoms with Gasteiger partial charge in [-0.3, -0.25) is 0 Å². The van der Waals surface area contributed by atoms with Gasteiger partial charge in [0.1, 0.15) is 0 Å². The number of benzene rings is 1. The number of nitrogens with zero attached hydrogens (tertiary/aromatic N) is 1. The fraction of sp³-hybridized carbons (Fsp3) is 0.500. The Morgan fingerprint density at radius 1 is 1.38 bits per heavy atom. The molecule has 0 bridgehead atoms. The fourth-order valence-electron chi connectivity index (χ4n) is 2.10. The highest BCUT2D eigenvalue weighted by Gasteiger charge is 2.28. The van der Waals surface area contributed by atoms with Gasteiger partial charge in [-0.1, -0.05) is 12.1 Å². The molecule has 2 unspecified atom stereocenters. The highest BCUT2D eigenvalue weighted by atomic mass is 15.0. The Morgan fingerprint density at radius 3 is 2.75 bits per heavy atom. The zero-order chi connectivity index (χ0) is 11.5. The monoisotopic (exact) mass is 214 g/mol. The van der Waals surface area contributed by atoms with Crippen LogP contribution in [0.25, 0.3) is 0 Å². The largest absolute Gasteiger partial charge is 0.307 e. The van der Waals surface area contributed by atoms with E-state index in [4.69, 9.17) is 5.26 Å². The lowest BCUT2D eigenvalue weighted by Crippen LogP contribution is -2.30. The fourth-order valence-corrected chi connectivity index (χ4v) is 2.10. The Morgan fingerprint density at radius 2 is 2.12 bits per heavy atom. The van der Waals surface area contributed by atoms with E-state index in [1.807, 2.05) is 18.2 Å². The first-order chi connectivity index (χ1) is 7.70. The average Bonchev–Trinajstić information content (AvgIpc) is 3.13. The molecule has 0 saturated heterocycles. The molecule has 2 heteroatoms. The van der Waals surface area contributed by atoms with Crippen molar-refractivity contribution in [2.75, 3.05) is 0 Å². The van der Waals surface area contributed by atoms with Crippen LogP contribution in [0.5, 0.6) is 0 Å². The number of nitriles is 1. The van der Waals surface area contributed by atoms with Crippen molar-refractivity contribution in [3.05, 3.63) is 35.4 Å². The highest BCUT2D eigenvalue weighted by molar-refractivity contribution is 5.34. The van der Waals surface area contributed by atoms with Crippen molar-refractivity contribution in [3.63, 3.8) is 0 Å². The van der Waals surface area contributed by atoms with Crippen LogP contribution in [0.4, 0.5) is 0 Å². The van der Waals surface area contributed by atoms with Crippen molar-refractivity contribution in [2.45, 2.75) is 38.8 Å². The molecule has 2 nitrogen and oxygen atoms in total. The Kier molecular flexibility index (Phi) is 3.26. The highest BCUT2D eigenvalue weighted by Crippen LogP contribution is 2.33. The van der Waals surface area contributed by atoms with Gasteiger partial charge in [-0.25, -0.2) is 0 Å². The summed E-state index contributed by atoms with van der Waals surface area (Å²) in [5.41, 5.74) is 1.94. The summed E-state index contributed by atoms with van der Waals surface area (Å²) < 4.78 is 0. The molecule has 2 rings (SSSR count). The van der Waals surface area contributed by atoms with E-state index >= 15 is 0 Å². The zero-order valence-electron chi connectivity index (χ0n) is 9.90. The Bertz CT molecular complexity index is 401. The third-order valence-electron chi connectivity index (χ3n) is 3.36. The summed E-state index contributed by atoms with van der Waals surface area (Å²) in [7, 11) is 0. The van der Waals surface area contributed by atoms with E-state index in [0.29, 0.717) is 12.1 Å². The van der Waals surface area contributed by atoms with Gasteiger partial charge in [-0.05, 0) is 50.3 Å². The second-order valence-corrected chi connectivity index (χ2v) is 4.75. The van der Waals surface area contributed by atoms with Crippen LogP contribution in [0.2, 0.25) is 0 Å². The van der Waals surface area contributed by atoms with E-state index in [1.54, 1.807) is 0 Å². The second-order valence-electron chi connectivity index (χ2n) is 4.75. The van der Waals surface area contributed by atoms with Crippen molar-refractivity contribution in [3.8, 4) is 6.07 Å². The molecule has 1 aromatic rings. The number of nitrogens with one attached hydrogen (secondary N) is 1. The predicted octanol–water partition coefficient (Wildman–Crippen LogP) is 3.01. The molecule has 0 heterocycles. The summed E-state index contributed by atoms with van der Waals surface area (Å²) in [6, 6.07) is 10.9. The summed E-state index contributed by atoms with van der Waals surface area (Å²) in [5, 5.41) is 12.5. The van der Waals surface area contributed by atoms with Gasteiger partial charge in [0.15, 0.2) is 0 Å². The maximum Gasteiger partial charge on any atom is 0.0991 e. The lowest BCUT2D eigenvalue weighted by molar-refractivity contribution is 0.441. The molecule has 0 aliphatic heterocycles. The van der Waals surface area contributed by atoms with Gasteiger partial charge in [0.25, 0.3) is 0 Å². The van der Waals surface area contributed by atoms with Crippen LogP contribution in [0.15, 0.2) is 24.3 Å². The first kappa shape index (κ1) is 11.2. The molecule has 1 fully saturated rings. The van der Waals surface area contributed by atoms with Crippen LogP contribution < -0.4 is 5.32 Å². The van der Waals surface area contributed by atoms with Crippen molar-refractivity contribution >= 4 is 0 Å². The molecule has 0 amide bonds. The summed E-state index contributed by atoms with van der Waals surface area (Å²) in [5.74, 6) is 0.863. The lowest BCUT2D eigenvalue weighted by atomic mass is 10.0. The Balaban J connectivity index is 2.02. The maximum atomic E-state index is 8.85.